The van der Waals surface area contributed by atoms with E-state index in [2.05, 4.69) is 10.0 Å². The minimum absolute atomic E-state index is 0.0000561. The zero-order valence-corrected chi connectivity index (χ0v) is 20.4. The standard InChI is InChI=1S/C23H27ClN4O5S/c1-2-33-23(30)28-12-10-27(11-13-28)22-19(24)4-3-5-20(22)26-34(31,32)18-8-6-16(7-9-18)17-14-21(29)25-15-17/h3-9,17,26H,2,10-15H2,1H3,(H,25,29)/t17-/m1/s1. The first-order valence-corrected chi connectivity index (χ1v) is 13.0. The Morgan fingerprint density at radius 3 is 2.47 bits per heavy atom. The number of piperazine rings is 1. The third-order valence-electron chi connectivity index (χ3n) is 5.99. The summed E-state index contributed by atoms with van der Waals surface area (Å²) in [4.78, 5) is 27.2. The molecule has 2 aromatic carbocycles. The summed E-state index contributed by atoms with van der Waals surface area (Å²) in [5.74, 6) is 0.0463. The molecule has 0 radical (unpaired) electrons. The molecular formula is C23H27ClN4O5S. The van der Waals surface area contributed by atoms with Crippen molar-refractivity contribution in [3.8, 4) is 0 Å². The minimum Gasteiger partial charge on any atom is -0.450 e. The Kier molecular flexibility index (Phi) is 7.18. The van der Waals surface area contributed by atoms with Crippen LogP contribution in [0.4, 0.5) is 16.2 Å². The van der Waals surface area contributed by atoms with Gasteiger partial charge in [0, 0.05) is 45.1 Å². The first-order chi connectivity index (χ1) is 16.3. The van der Waals surface area contributed by atoms with Gasteiger partial charge in [0.1, 0.15) is 0 Å². The number of anilines is 2. The summed E-state index contributed by atoms with van der Waals surface area (Å²) in [6, 6.07) is 11.6. The van der Waals surface area contributed by atoms with Crippen LogP contribution in [0.25, 0.3) is 0 Å². The highest BCUT2D eigenvalue weighted by Crippen LogP contribution is 2.36. The largest absolute Gasteiger partial charge is 0.450 e. The van der Waals surface area contributed by atoms with E-state index in [4.69, 9.17) is 16.3 Å². The second kappa shape index (κ2) is 10.1. The summed E-state index contributed by atoms with van der Waals surface area (Å²) < 4.78 is 34.0. The van der Waals surface area contributed by atoms with E-state index in [9.17, 15) is 18.0 Å². The van der Waals surface area contributed by atoms with Crippen LogP contribution in [0, 0.1) is 0 Å². The lowest BCUT2D eigenvalue weighted by Crippen LogP contribution is -2.49. The van der Waals surface area contributed by atoms with Crippen molar-refractivity contribution in [1.82, 2.24) is 10.2 Å². The van der Waals surface area contributed by atoms with Crippen LogP contribution in [0.2, 0.25) is 5.02 Å². The van der Waals surface area contributed by atoms with E-state index in [0.29, 0.717) is 62.1 Å². The Morgan fingerprint density at radius 1 is 1.15 bits per heavy atom. The molecule has 0 spiro atoms. The van der Waals surface area contributed by atoms with Gasteiger partial charge in [-0.1, -0.05) is 29.8 Å². The van der Waals surface area contributed by atoms with Crippen LogP contribution in [-0.2, 0) is 19.6 Å². The Hall–Kier alpha value is -2.98. The molecule has 0 saturated carbocycles. The van der Waals surface area contributed by atoms with Crippen LogP contribution >= 0.6 is 11.6 Å². The highest BCUT2D eigenvalue weighted by Gasteiger charge is 2.27. The highest BCUT2D eigenvalue weighted by molar-refractivity contribution is 7.92. The maximum atomic E-state index is 13.1. The van der Waals surface area contributed by atoms with Gasteiger partial charge in [-0.05, 0) is 36.8 Å². The lowest BCUT2D eigenvalue weighted by molar-refractivity contribution is -0.119. The van der Waals surface area contributed by atoms with Crippen LogP contribution in [0.3, 0.4) is 0 Å². The number of hydrogen-bond donors (Lipinski definition) is 2. The molecule has 2 amide bonds. The molecule has 2 fully saturated rings. The maximum absolute atomic E-state index is 13.1. The summed E-state index contributed by atoms with van der Waals surface area (Å²) in [6.07, 6.45) is 0.0445. The lowest BCUT2D eigenvalue weighted by Gasteiger charge is -2.36. The molecule has 2 aliphatic rings. The molecule has 34 heavy (non-hydrogen) atoms. The van der Waals surface area contributed by atoms with E-state index in [1.807, 2.05) is 4.90 Å². The summed E-state index contributed by atoms with van der Waals surface area (Å²) in [5, 5.41) is 3.20. The second-order valence-corrected chi connectivity index (χ2v) is 10.3. The molecule has 9 nitrogen and oxygen atoms in total. The molecule has 11 heteroatoms. The summed E-state index contributed by atoms with van der Waals surface area (Å²) in [7, 11) is -3.88. The fraction of sp³-hybridized carbons (Fsp3) is 0.391. The zero-order chi connectivity index (χ0) is 24.3. The molecule has 0 aliphatic carbocycles. The zero-order valence-electron chi connectivity index (χ0n) is 18.8. The van der Waals surface area contributed by atoms with E-state index in [-0.39, 0.29) is 22.8 Å². The predicted octanol–water partition coefficient (Wildman–Crippen LogP) is 3.02. The maximum Gasteiger partial charge on any atom is 0.409 e. The van der Waals surface area contributed by atoms with E-state index in [1.165, 1.54) is 0 Å². The lowest BCUT2D eigenvalue weighted by atomic mass is 9.99. The number of carbonyl (C=O) groups excluding carboxylic acids is 2. The number of sulfonamides is 1. The molecule has 182 valence electrons. The number of nitrogens with one attached hydrogen (secondary N) is 2. The van der Waals surface area contributed by atoms with Gasteiger partial charge in [0.05, 0.1) is 27.9 Å². The van der Waals surface area contributed by atoms with Crippen LogP contribution < -0.4 is 14.9 Å². The number of ether oxygens (including phenoxy) is 1. The first kappa shape index (κ1) is 24.2. The Bertz CT molecular complexity index is 1160. The Labute approximate surface area is 204 Å². The SMILES string of the molecule is CCOC(=O)N1CCN(c2c(Cl)cccc2NS(=O)(=O)c2ccc([C@H]3CNC(=O)C3)cc2)CC1. The van der Waals surface area contributed by atoms with Gasteiger partial charge in [-0.3, -0.25) is 9.52 Å². The van der Waals surface area contributed by atoms with Crippen molar-refractivity contribution >= 4 is 45.0 Å². The topological polar surface area (TPSA) is 108 Å². The number of rotatable bonds is 6. The third-order valence-corrected chi connectivity index (χ3v) is 7.68. The quantitative estimate of drug-likeness (QED) is 0.623. The van der Waals surface area contributed by atoms with Crippen molar-refractivity contribution in [2.75, 3.05) is 49.0 Å². The predicted molar refractivity (Wildman–Crippen MR) is 130 cm³/mol. The second-order valence-electron chi connectivity index (χ2n) is 8.19. The molecule has 2 saturated heterocycles. The number of para-hydroxylation sites is 1. The molecular weight excluding hydrogens is 480 g/mol. The molecule has 4 rings (SSSR count). The van der Waals surface area contributed by atoms with E-state index in [0.717, 1.165) is 5.56 Å². The summed E-state index contributed by atoms with van der Waals surface area (Å²) >= 11 is 6.48. The third kappa shape index (κ3) is 5.23. The average molecular weight is 507 g/mol. The highest BCUT2D eigenvalue weighted by atomic mass is 35.5. The molecule has 2 aliphatic heterocycles. The fourth-order valence-electron chi connectivity index (χ4n) is 4.21. The molecule has 0 aromatic heterocycles. The van der Waals surface area contributed by atoms with Crippen molar-refractivity contribution in [1.29, 1.82) is 0 Å². The number of benzene rings is 2. The number of hydrogen-bond acceptors (Lipinski definition) is 6. The normalized spacial score (nSPS) is 18.5. The monoisotopic (exact) mass is 506 g/mol. The van der Waals surface area contributed by atoms with Gasteiger partial charge in [0.15, 0.2) is 0 Å². The minimum atomic E-state index is -3.88. The van der Waals surface area contributed by atoms with Gasteiger partial charge in [0.25, 0.3) is 10.0 Å². The summed E-state index contributed by atoms with van der Waals surface area (Å²) in [6.45, 7) is 4.48. The number of carbonyl (C=O) groups is 2. The van der Waals surface area contributed by atoms with Gasteiger partial charge in [0.2, 0.25) is 5.91 Å². The molecule has 2 heterocycles. The van der Waals surface area contributed by atoms with Crippen molar-refractivity contribution < 1.29 is 22.7 Å². The molecule has 2 aromatic rings. The van der Waals surface area contributed by atoms with E-state index < -0.39 is 10.0 Å². The van der Waals surface area contributed by atoms with Crippen LogP contribution in [0.1, 0.15) is 24.8 Å². The van der Waals surface area contributed by atoms with E-state index in [1.54, 1.807) is 54.3 Å². The molecule has 1 atom stereocenters. The van der Waals surface area contributed by atoms with E-state index >= 15 is 0 Å². The van der Waals surface area contributed by atoms with Crippen molar-refractivity contribution in [3.63, 3.8) is 0 Å². The van der Waals surface area contributed by atoms with Crippen LogP contribution in [0.15, 0.2) is 47.4 Å². The number of nitrogens with zero attached hydrogens (tertiary/aromatic N) is 2. The van der Waals surface area contributed by atoms with Crippen molar-refractivity contribution in [3.05, 3.63) is 53.1 Å². The fourth-order valence-corrected chi connectivity index (χ4v) is 5.57. The van der Waals surface area contributed by atoms with Gasteiger partial charge in [-0.25, -0.2) is 13.2 Å². The number of halogens is 1. The molecule has 2 N–H and O–H groups in total. The smallest absolute Gasteiger partial charge is 0.409 e. The summed E-state index contributed by atoms with van der Waals surface area (Å²) in [5.41, 5.74) is 1.86. The molecule has 0 bridgehead atoms. The van der Waals surface area contributed by atoms with Gasteiger partial charge in [-0.2, -0.15) is 0 Å². The van der Waals surface area contributed by atoms with Gasteiger partial charge >= 0.3 is 6.09 Å². The Morgan fingerprint density at radius 2 is 1.85 bits per heavy atom. The average Bonchev–Trinajstić information content (AvgIpc) is 3.26. The molecule has 0 unspecified atom stereocenters. The van der Waals surface area contributed by atoms with Crippen LogP contribution in [-0.4, -0.2) is 64.6 Å². The van der Waals surface area contributed by atoms with Crippen molar-refractivity contribution in [2.24, 2.45) is 0 Å². The number of amides is 2. The van der Waals surface area contributed by atoms with Gasteiger partial charge in [-0.15, -0.1) is 0 Å². The van der Waals surface area contributed by atoms with Gasteiger partial charge < -0.3 is 19.9 Å². The Balaban J connectivity index is 1.50. The van der Waals surface area contributed by atoms with Crippen molar-refractivity contribution in [2.45, 2.75) is 24.2 Å². The van der Waals surface area contributed by atoms with Crippen LogP contribution in [0.5, 0.6) is 0 Å². The first-order valence-electron chi connectivity index (χ1n) is 11.1.